The van der Waals surface area contributed by atoms with Gasteiger partial charge in [0, 0.05) is 12.3 Å². The first-order valence-corrected chi connectivity index (χ1v) is 6.45. The Bertz CT molecular complexity index is 343. The molecule has 1 atom stereocenters. The van der Waals surface area contributed by atoms with Crippen LogP contribution in [0.15, 0.2) is 4.52 Å². The molecule has 2 heterocycles. The fraction of sp³-hybridized carbons (Fsp3) is 0.833. The van der Waals surface area contributed by atoms with Gasteiger partial charge in [-0.1, -0.05) is 18.0 Å². The zero-order chi connectivity index (χ0) is 10.8. The van der Waals surface area contributed by atoms with E-state index in [4.69, 9.17) is 4.52 Å². The first kappa shape index (κ1) is 12.8. The van der Waals surface area contributed by atoms with E-state index >= 15 is 0 Å². The summed E-state index contributed by atoms with van der Waals surface area (Å²) in [7, 11) is 0. The van der Waals surface area contributed by atoms with Crippen LogP contribution >= 0.6 is 12.4 Å². The van der Waals surface area contributed by atoms with Gasteiger partial charge in [0.1, 0.15) is 0 Å². The average molecular weight is 258 g/mol. The largest absolute Gasteiger partial charge is 0.339 e. The summed E-state index contributed by atoms with van der Waals surface area (Å²) < 4.78 is 5.35. The van der Waals surface area contributed by atoms with Gasteiger partial charge in [-0.25, -0.2) is 0 Å². The molecule has 96 valence electrons. The molecule has 0 spiro atoms. The Morgan fingerprint density at radius 1 is 1.24 bits per heavy atom. The van der Waals surface area contributed by atoms with E-state index in [0.717, 1.165) is 31.2 Å². The van der Waals surface area contributed by atoms with Gasteiger partial charge in [0.05, 0.1) is 0 Å². The van der Waals surface area contributed by atoms with Gasteiger partial charge in [-0.2, -0.15) is 4.98 Å². The van der Waals surface area contributed by atoms with Gasteiger partial charge in [-0.15, -0.1) is 12.4 Å². The second-order valence-electron chi connectivity index (χ2n) is 5.09. The summed E-state index contributed by atoms with van der Waals surface area (Å²) in [6.07, 6.45) is 7.31. The minimum Gasteiger partial charge on any atom is -0.339 e. The van der Waals surface area contributed by atoms with Crippen LogP contribution in [0.1, 0.15) is 49.7 Å². The molecule has 3 rings (SSSR count). The highest BCUT2D eigenvalue weighted by molar-refractivity contribution is 5.85. The monoisotopic (exact) mass is 257 g/mol. The number of hydrogen-bond acceptors (Lipinski definition) is 4. The molecule has 5 heteroatoms. The van der Waals surface area contributed by atoms with Crippen molar-refractivity contribution in [3.05, 3.63) is 11.7 Å². The molecule has 2 fully saturated rings. The molecule has 1 unspecified atom stereocenters. The van der Waals surface area contributed by atoms with Crippen molar-refractivity contribution in [2.75, 3.05) is 13.1 Å². The summed E-state index contributed by atoms with van der Waals surface area (Å²) in [6.45, 7) is 2.23. The molecule has 4 nitrogen and oxygen atoms in total. The quantitative estimate of drug-likeness (QED) is 0.903. The number of nitrogens with zero attached hydrogens (tertiary/aromatic N) is 2. The molecule has 1 aromatic rings. The van der Waals surface area contributed by atoms with Crippen molar-refractivity contribution < 1.29 is 4.52 Å². The summed E-state index contributed by atoms with van der Waals surface area (Å²) in [4.78, 5) is 4.55. The third-order valence-electron chi connectivity index (χ3n) is 3.83. The molecule has 2 aliphatic rings. The normalized spacial score (nSPS) is 25.1. The standard InChI is InChI=1S/C12H19N3O.ClH/c1-2-4-10(3-1)12-14-11(16-15-12)7-9-5-6-13-8-9;/h9-10,13H,1-8H2;1H. The topological polar surface area (TPSA) is 51.0 Å². The van der Waals surface area contributed by atoms with Crippen molar-refractivity contribution in [1.29, 1.82) is 0 Å². The zero-order valence-corrected chi connectivity index (χ0v) is 10.8. The third kappa shape index (κ3) is 2.99. The van der Waals surface area contributed by atoms with Crippen LogP contribution in [-0.2, 0) is 6.42 Å². The lowest BCUT2D eigenvalue weighted by Gasteiger charge is -2.02. The smallest absolute Gasteiger partial charge is 0.226 e. The van der Waals surface area contributed by atoms with Gasteiger partial charge < -0.3 is 9.84 Å². The van der Waals surface area contributed by atoms with Crippen LogP contribution in [0.2, 0.25) is 0 Å². The lowest BCUT2D eigenvalue weighted by atomic mass is 10.1. The lowest BCUT2D eigenvalue weighted by molar-refractivity contribution is 0.351. The second-order valence-corrected chi connectivity index (χ2v) is 5.09. The Morgan fingerprint density at radius 2 is 2.06 bits per heavy atom. The van der Waals surface area contributed by atoms with E-state index < -0.39 is 0 Å². The third-order valence-corrected chi connectivity index (χ3v) is 3.83. The highest BCUT2D eigenvalue weighted by atomic mass is 35.5. The Kier molecular flexibility index (Phi) is 4.40. The fourth-order valence-electron chi connectivity index (χ4n) is 2.84. The molecular weight excluding hydrogens is 238 g/mol. The first-order valence-electron chi connectivity index (χ1n) is 6.45. The van der Waals surface area contributed by atoms with Gasteiger partial charge in [-0.05, 0) is 38.3 Å². The summed E-state index contributed by atoms with van der Waals surface area (Å²) >= 11 is 0. The van der Waals surface area contributed by atoms with Crippen molar-refractivity contribution in [3.8, 4) is 0 Å². The van der Waals surface area contributed by atoms with Crippen molar-refractivity contribution in [2.24, 2.45) is 5.92 Å². The Balaban J connectivity index is 0.00000108. The van der Waals surface area contributed by atoms with E-state index in [9.17, 15) is 0 Å². The molecule has 1 N–H and O–H groups in total. The maximum Gasteiger partial charge on any atom is 0.226 e. The highest BCUT2D eigenvalue weighted by Crippen LogP contribution is 2.32. The molecule has 1 aliphatic heterocycles. The average Bonchev–Trinajstić information content (AvgIpc) is 2.99. The summed E-state index contributed by atoms with van der Waals surface area (Å²) in [5.74, 6) is 3.06. The summed E-state index contributed by atoms with van der Waals surface area (Å²) in [5.41, 5.74) is 0. The Morgan fingerprint density at radius 3 is 2.76 bits per heavy atom. The first-order chi connectivity index (χ1) is 7.92. The van der Waals surface area contributed by atoms with E-state index in [2.05, 4.69) is 15.5 Å². The van der Waals surface area contributed by atoms with E-state index in [0.29, 0.717) is 11.8 Å². The molecule has 1 aromatic heterocycles. The minimum absolute atomic E-state index is 0. The van der Waals surface area contributed by atoms with E-state index in [1.54, 1.807) is 0 Å². The number of rotatable bonds is 3. The van der Waals surface area contributed by atoms with Crippen LogP contribution in [0.25, 0.3) is 0 Å². The predicted molar refractivity (Wildman–Crippen MR) is 67.4 cm³/mol. The summed E-state index contributed by atoms with van der Waals surface area (Å²) in [6, 6.07) is 0. The Labute approximate surface area is 108 Å². The molecule has 0 aromatic carbocycles. The van der Waals surface area contributed by atoms with Crippen molar-refractivity contribution in [3.63, 3.8) is 0 Å². The van der Waals surface area contributed by atoms with E-state index in [-0.39, 0.29) is 12.4 Å². The van der Waals surface area contributed by atoms with Crippen LogP contribution < -0.4 is 5.32 Å². The number of halogens is 1. The maximum atomic E-state index is 5.35. The van der Waals surface area contributed by atoms with Gasteiger partial charge in [0.25, 0.3) is 0 Å². The van der Waals surface area contributed by atoms with E-state index in [1.807, 2.05) is 0 Å². The SMILES string of the molecule is C1CCC(c2noc(CC3CCNC3)n2)C1.Cl. The summed E-state index contributed by atoms with van der Waals surface area (Å²) in [5, 5.41) is 7.50. The van der Waals surface area contributed by atoms with E-state index in [1.165, 1.54) is 32.1 Å². The van der Waals surface area contributed by atoms with Gasteiger partial charge in [0.2, 0.25) is 5.89 Å². The molecule has 1 aliphatic carbocycles. The van der Waals surface area contributed by atoms with Crippen LogP contribution in [-0.4, -0.2) is 23.2 Å². The zero-order valence-electron chi connectivity index (χ0n) is 10.0. The molecule has 1 saturated heterocycles. The number of aromatic nitrogens is 2. The number of hydrogen-bond donors (Lipinski definition) is 1. The van der Waals surface area contributed by atoms with Gasteiger partial charge >= 0.3 is 0 Å². The van der Waals surface area contributed by atoms with Crippen LogP contribution in [0.4, 0.5) is 0 Å². The van der Waals surface area contributed by atoms with Gasteiger partial charge in [-0.3, -0.25) is 0 Å². The lowest BCUT2D eigenvalue weighted by Crippen LogP contribution is -2.10. The molecule has 0 bridgehead atoms. The second kappa shape index (κ2) is 5.83. The van der Waals surface area contributed by atoms with Crippen molar-refractivity contribution in [1.82, 2.24) is 15.5 Å². The molecule has 0 amide bonds. The molecule has 17 heavy (non-hydrogen) atoms. The molecular formula is C12H20ClN3O. The predicted octanol–water partition coefficient (Wildman–Crippen LogP) is 2.30. The van der Waals surface area contributed by atoms with Crippen molar-refractivity contribution >= 4 is 12.4 Å². The maximum absolute atomic E-state index is 5.35. The molecule has 0 radical (unpaired) electrons. The fourth-order valence-corrected chi connectivity index (χ4v) is 2.84. The molecule has 1 saturated carbocycles. The minimum atomic E-state index is 0. The highest BCUT2D eigenvalue weighted by Gasteiger charge is 2.24. The van der Waals surface area contributed by atoms with Crippen LogP contribution in [0, 0.1) is 5.92 Å². The number of nitrogens with one attached hydrogen (secondary N) is 1. The Hall–Kier alpha value is -0.610. The van der Waals surface area contributed by atoms with Crippen LogP contribution in [0.3, 0.4) is 0 Å². The van der Waals surface area contributed by atoms with Crippen molar-refractivity contribution in [2.45, 2.75) is 44.4 Å². The van der Waals surface area contributed by atoms with Crippen LogP contribution in [0.5, 0.6) is 0 Å². The van der Waals surface area contributed by atoms with Gasteiger partial charge in [0.15, 0.2) is 5.82 Å².